The van der Waals surface area contributed by atoms with Gasteiger partial charge in [-0.3, -0.25) is 19.7 Å². The van der Waals surface area contributed by atoms with Crippen LogP contribution in [-0.4, -0.2) is 45.0 Å². The van der Waals surface area contributed by atoms with Crippen molar-refractivity contribution in [2.45, 2.75) is 26.7 Å². The highest BCUT2D eigenvalue weighted by Crippen LogP contribution is 2.23. The van der Waals surface area contributed by atoms with E-state index in [1.54, 1.807) is 17.2 Å². The third kappa shape index (κ3) is 4.25. The van der Waals surface area contributed by atoms with Crippen molar-refractivity contribution in [3.05, 3.63) is 65.5 Å². The molecule has 0 spiro atoms. The van der Waals surface area contributed by atoms with Gasteiger partial charge in [0.1, 0.15) is 11.4 Å². The van der Waals surface area contributed by atoms with Crippen molar-refractivity contribution in [3.63, 3.8) is 0 Å². The van der Waals surface area contributed by atoms with Gasteiger partial charge in [-0.2, -0.15) is 5.10 Å². The van der Waals surface area contributed by atoms with Crippen LogP contribution in [0.3, 0.4) is 0 Å². The van der Waals surface area contributed by atoms with E-state index in [-0.39, 0.29) is 17.7 Å². The number of likely N-dealkylation sites (tertiary alicyclic amines) is 1. The predicted molar refractivity (Wildman–Crippen MR) is 115 cm³/mol. The molecule has 2 amide bonds. The number of hydrogen-bond acceptors (Lipinski definition) is 4. The van der Waals surface area contributed by atoms with Crippen molar-refractivity contribution in [2.75, 3.05) is 18.4 Å². The van der Waals surface area contributed by atoms with Crippen LogP contribution >= 0.6 is 0 Å². The van der Waals surface area contributed by atoms with Gasteiger partial charge >= 0.3 is 0 Å². The molecule has 0 radical (unpaired) electrons. The van der Waals surface area contributed by atoms with Crippen LogP contribution in [0, 0.1) is 19.8 Å². The maximum absolute atomic E-state index is 13.0. The van der Waals surface area contributed by atoms with E-state index >= 15 is 0 Å². The molecule has 7 heteroatoms. The molecule has 2 N–H and O–H groups in total. The number of amides is 2. The molecule has 7 nitrogen and oxygen atoms in total. The zero-order chi connectivity index (χ0) is 21.1. The molecule has 30 heavy (non-hydrogen) atoms. The summed E-state index contributed by atoms with van der Waals surface area (Å²) in [6.07, 6.45) is 3.25. The van der Waals surface area contributed by atoms with Gasteiger partial charge in [-0.05, 0) is 56.5 Å². The van der Waals surface area contributed by atoms with Crippen molar-refractivity contribution < 1.29 is 9.59 Å². The minimum absolute atomic E-state index is 0.0433. The molecular weight excluding hydrogens is 378 g/mol. The SMILES string of the molecule is Cc1ccc(NC(=O)C2CCCN(C(=O)c3cc(-c4ccccn4)n[nH]3)C2)c(C)c1. The Morgan fingerprint density at radius 1 is 1.13 bits per heavy atom. The maximum atomic E-state index is 13.0. The Bertz CT molecular complexity index is 1060. The van der Waals surface area contributed by atoms with E-state index in [1.807, 2.05) is 50.2 Å². The molecule has 3 heterocycles. The average Bonchev–Trinajstić information content (AvgIpc) is 3.26. The summed E-state index contributed by atoms with van der Waals surface area (Å²) in [6, 6.07) is 13.2. The highest BCUT2D eigenvalue weighted by molar-refractivity contribution is 5.96. The Hall–Kier alpha value is -3.48. The van der Waals surface area contributed by atoms with Crippen LogP contribution in [-0.2, 0) is 4.79 Å². The quantitative estimate of drug-likeness (QED) is 0.697. The Balaban J connectivity index is 1.43. The van der Waals surface area contributed by atoms with Gasteiger partial charge in [-0.15, -0.1) is 0 Å². The first kappa shape index (κ1) is 19.8. The van der Waals surface area contributed by atoms with Gasteiger partial charge in [0.05, 0.1) is 11.6 Å². The van der Waals surface area contributed by atoms with Crippen molar-refractivity contribution in [1.29, 1.82) is 0 Å². The first-order chi connectivity index (χ1) is 14.5. The highest BCUT2D eigenvalue weighted by Gasteiger charge is 2.30. The fourth-order valence-corrected chi connectivity index (χ4v) is 3.81. The van der Waals surface area contributed by atoms with E-state index < -0.39 is 0 Å². The van der Waals surface area contributed by atoms with E-state index in [1.165, 1.54) is 0 Å². The van der Waals surface area contributed by atoms with Crippen LogP contribution in [0.4, 0.5) is 5.69 Å². The van der Waals surface area contributed by atoms with Gasteiger partial charge in [0.25, 0.3) is 5.91 Å². The molecule has 4 rings (SSSR count). The standard InChI is InChI=1S/C23H25N5O2/c1-15-8-9-18(16(2)12-15)25-22(29)17-6-5-11-28(14-17)23(30)21-13-20(26-27-21)19-7-3-4-10-24-19/h3-4,7-10,12-13,17H,5-6,11,14H2,1-2H3,(H,25,29)(H,26,27). The molecule has 1 aliphatic heterocycles. The normalized spacial score (nSPS) is 16.3. The third-order valence-corrected chi connectivity index (χ3v) is 5.45. The Morgan fingerprint density at radius 3 is 2.77 bits per heavy atom. The molecule has 0 saturated carbocycles. The van der Waals surface area contributed by atoms with Crippen molar-refractivity contribution in [3.8, 4) is 11.4 Å². The van der Waals surface area contributed by atoms with Crippen LogP contribution in [0.1, 0.15) is 34.5 Å². The molecule has 0 aliphatic carbocycles. The number of piperidine rings is 1. The molecule has 1 aromatic carbocycles. The van der Waals surface area contributed by atoms with Crippen LogP contribution in [0.2, 0.25) is 0 Å². The van der Waals surface area contributed by atoms with Crippen molar-refractivity contribution in [2.24, 2.45) is 5.92 Å². The van der Waals surface area contributed by atoms with E-state index in [2.05, 4.69) is 20.5 Å². The molecule has 1 aliphatic rings. The monoisotopic (exact) mass is 403 g/mol. The Labute approximate surface area is 175 Å². The van der Waals surface area contributed by atoms with Gasteiger partial charge < -0.3 is 10.2 Å². The summed E-state index contributed by atoms with van der Waals surface area (Å²) >= 11 is 0. The summed E-state index contributed by atoms with van der Waals surface area (Å²) in [5, 5.41) is 10.1. The molecule has 154 valence electrons. The molecule has 1 saturated heterocycles. The smallest absolute Gasteiger partial charge is 0.271 e. The number of benzene rings is 1. The van der Waals surface area contributed by atoms with E-state index in [4.69, 9.17) is 0 Å². The number of carbonyl (C=O) groups is 2. The van der Waals surface area contributed by atoms with Crippen LogP contribution in [0.25, 0.3) is 11.4 Å². The minimum Gasteiger partial charge on any atom is -0.337 e. The number of anilines is 1. The molecular formula is C23H25N5O2. The van der Waals surface area contributed by atoms with Gasteiger partial charge in [0, 0.05) is 25.0 Å². The van der Waals surface area contributed by atoms with Crippen molar-refractivity contribution >= 4 is 17.5 Å². The maximum Gasteiger partial charge on any atom is 0.271 e. The van der Waals surface area contributed by atoms with Gasteiger partial charge in [-0.25, -0.2) is 0 Å². The summed E-state index contributed by atoms with van der Waals surface area (Å²) in [4.78, 5) is 31.8. The minimum atomic E-state index is -0.235. The Kier molecular flexibility index (Phi) is 5.61. The average molecular weight is 403 g/mol. The lowest BCUT2D eigenvalue weighted by Gasteiger charge is -2.31. The largest absolute Gasteiger partial charge is 0.337 e. The van der Waals surface area contributed by atoms with Crippen molar-refractivity contribution in [1.82, 2.24) is 20.1 Å². The van der Waals surface area contributed by atoms with Gasteiger partial charge in [-0.1, -0.05) is 23.8 Å². The molecule has 3 aromatic rings. The number of hydrogen-bond donors (Lipinski definition) is 2. The number of carbonyl (C=O) groups excluding carboxylic acids is 2. The summed E-state index contributed by atoms with van der Waals surface area (Å²) in [5.41, 5.74) is 4.75. The number of aromatic amines is 1. The summed E-state index contributed by atoms with van der Waals surface area (Å²) in [5.74, 6) is -0.423. The second kappa shape index (κ2) is 8.49. The van der Waals surface area contributed by atoms with Crippen LogP contribution < -0.4 is 5.32 Å². The van der Waals surface area contributed by atoms with E-state index in [0.29, 0.717) is 30.2 Å². The summed E-state index contributed by atoms with van der Waals surface area (Å²) < 4.78 is 0. The second-order valence-corrected chi connectivity index (χ2v) is 7.78. The molecule has 0 bridgehead atoms. The fraction of sp³-hybridized carbons (Fsp3) is 0.304. The first-order valence-corrected chi connectivity index (χ1v) is 10.2. The van der Waals surface area contributed by atoms with Crippen LogP contribution in [0.5, 0.6) is 0 Å². The summed E-state index contributed by atoms with van der Waals surface area (Å²) in [6.45, 7) is 5.03. The number of pyridine rings is 1. The number of aryl methyl sites for hydroxylation is 2. The number of H-pyrrole nitrogens is 1. The molecule has 1 unspecified atom stereocenters. The van der Waals surface area contributed by atoms with Crippen LogP contribution in [0.15, 0.2) is 48.7 Å². The second-order valence-electron chi connectivity index (χ2n) is 7.78. The lowest BCUT2D eigenvalue weighted by atomic mass is 9.96. The number of nitrogens with zero attached hydrogens (tertiary/aromatic N) is 3. The van der Waals surface area contributed by atoms with Gasteiger partial charge in [0.2, 0.25) is 5.91 Å². The third-order valence-electron chi connectivity index (χ3n) is 5.45. The van der Waals surface area contributed by atoms with E-state index in [0.717, 1.165) is 29.7 Å². The highest BCUT2D eigenvalue weighted by atomic mass is 16.2. The molecule has 2 aromatic heterocycles. The number of nitrogens with one attached hydrogen (secondary N) is 2. The molecule has 1 atom stereocenters. The fourth-order valence-electron chi connectivity index (χ4n) is 3.81. The Morgan fingerprint density at radius 2 is 2.00 bits per heavy atom. The number of rotatable bonds is 4. The number of aromatic nitrogens is 3. The topological polar surface area (TPSA) is 91.0 Å². The zero-order valence-electron chi connectivity index (χ0n) is 17.2. The lowest BCUT2D eigenvalue weighted by molar-refractivity contribution is -0.121. The zero-order valence-corrected chi connectivity index (χ0v) is 17.2. The van der Waals surface area contributed by atoms with Gasteiger partial charge in [0.15, 0.2) is 0 Å². The first-order valence-electron chi connectivity index (χ1n) is 10.2. The summed E-state index contributed by atoms with van der Waals surface area (Å²) in [7, 11) is 0. The predicted octanol–water partition coefficient (Wildman–Crippen LogP) is 3.58. The van der Waals surface area contributed by atoms with E-state index in [9.17, 15) is 9.59 Å². The molecule has 1 fully saturated rings. The lowest BCUT2D eigenvalue weighted by Crippen LogP contribution is -2.44.